The SMILES string of the molecule is COC(=O)c1sc(N2CCCS(=O)(=O)CC2)cc1N. The van der Waals surface area contributed by atoms with E-state index in [0.717, 1.165) is 5.00 Å². The summed E-state index contributed by atoms with van der Waals surface area (Å²) in [6, 6.07) is 1.70. The first-order chi connectivity index (χ1) is 8.93. The molecule has 2 rings (SSSR count). The monoisotopic (exact) mass is 304 g/mol. The van der Waals surface area contributed by atoms with Crippen LogP contribution in [0.25, 0.3) is 0 Å². The van der Waals surface area contributed by atoms with Crippen molar-refractivity contribution in [3.8, 4) is 0 Å². The molecule has 0 aliphatic carbocycles. The zero-order valence-electron chi connectivity index (χ0n) is 10.6. The lowest BCUT2D eigenvalue weighted by Gasteiger charge is -2.19. The number of hydrogen-bond donors (Lipinski definition) is 1. The Hall–Kier alpha value is -1.28. The third kappa shape index (κ3) is 3.19. The summed E-state index contributed by atoms with van der Waals surface area (Å²) >= 11 is 1.24. The van der Waals surface area contributed by atoms with E-state index in [-0.39, 0.29) is 11.5 Å². The Bertz CT molecular complexity index is 580. The first-order valence-corrected chi connectivity index (χ1v) is 8.50. The van der Waals surface area contributed by atoms with Crippen molar-refractivity contribution in [1.82, 2.24) is 0 Å². The Kier molecular flexibility index (Phi) is 4.00. The predicted molar refractivity (Wildman–Crippen MR) is 75.6 cm³/mol. The smallest absolute Gasteiger partial charge is 0.350 e. The molecule has 0 radical (unpaired) electrons. The zero-order chi connectivity index (χ0) is 14.0. The molecule has 19 heavy (non-hydrogen) atoms. The molecule has 0 amide bonds. The molecule has 1 aromatic heterocycles. The number of nitrogens with two attached hydrogens (primary N) is 1. The van der Waals surface area contributed by atoms with E-state index in [1.807, 2.05) is 4.90 Å². The summed E-state index contributed by atoms with van der Waals surface area (Å²) in [5.74, 6) is -0.108. The van der Waals surface area contributed by atoms with Crippen molar-refractivity contribution in [3.63, 3.8) is 0 Å². The van der Waals surface area contributed by atoms with Gasteiger partial charge in [0.2, 0.25) is 0 Å². The van der Waals surface area contributed by atoms with E-state index in [1.165, 1.54) is 18.4 Å². The van der Waals surface area contributed by atoms with Gasteiger partial charge in [-0.05, 0) is 12.5 Å². The van der Waals surface area contributed by atoms with Crippen LogP contribution in [0.4, 0.5) is 10.7 Å². The third-order valence-corrected chi connectivity index (χ3v) is 5.89. The number of sulfone groups is 1. The second-order valence-electron chi connectivity index (χ2n) is 4.35. The normalized spacial score (nSPS) is 18.9. The van der Waals surface area contributed by atoms with Gasteiger partial charge in [0.1, 0.15) is 4.88 Å². The summed E-state index contributed by atoms with van der Waals surface area (Å²) in [7, 11) is -1.64. The number of esters is 1. The zero-order valence-corrected chi connectivity index (χ0v) is 12.2. The highest BCUT2D eigenvalue weighted by molar-refractivity contribution is 7.91. The van der Waals surface area contributed by atoms with E-state index in [2.05, 4.69) is 4.74 Å². The highest BCUT2D eigenvalue weighted by Gasteiger charge is 2.22. The minimum atomic E-state index is -2.94. The molecule has 2 N–H and O–H groups in total. The molecule has 1 aromatic rings. The van der Waals surface area contributed by atoms with Gasteiger partial charge < -0.3 is 15.4 Å². The lowest BCUT2D eigenvalue weighted by atomic mass is 10.3. The molecule has 1 fully saturated rings. The number of carbonyl (C=O) groups excluding carboxylic acids is 1. The number of ether oxygens (including phenoxy) is 1. The molecule has 8 heteroatoms. The Balaban J connectivity index is 2.21. The van der Waals surface area contributed by atoms with Gasteiger partial charge >= 0.3 is 5.97 Å². The maximum Gasteiger partial charge on any atom is 0.350 e. The van der Waals surface area contributed by atoms with E-state index >= 15 is 0 Å². The second-order valence-corrected chi connectivity index (χ2v) is 7.69. The van der Waals surface area contributed by atoms with Crippen molar-refractivity contribution in [2.45, 2.75) is 6.42 Å². The average molecular weight is 304 g/mol. The van der Waals surface area contributed by atoms with Crippen LogP contribution in [0.2, 0.25) is 0 Å². The molecule has 1 aliphatic rings. The highest BCUT2D eigenvalue weighted by atomic mass is 32.2. The van der Waals surface area contributed by atoms with Gasteiger partial charge in [0.05, 0.1) is 29.3 Å². The molecular formula is C11H16N2O4S2. The number of methoxy groups -OCH3 is 1. The first kappa shape index (κ1) is 14.1. The molecule has 0 atom stereocenters. The fraction of sp³-hybridized carbons (Fsp3) is 0.545. The summed E-state index contributed by atoms with van der Waals surface area (Å²) in [5, 5.41) is 0.815. The molecule has 1 saturated heterocycles. The molecule has 6 nitrogen and oxygen atoms in total. The summed E-state index contributed by atoms with van der Waals surface area (Å²) < 4.78 is 27.8. The van der Waals surface area contributed by atoms with Crippen LogP contribution in [0, 0.1) is 0 Å². The Morgan fingerprint density at radius 2 is 2.16 bits per heavy atom. The van der Waals surface area contributed by atoms with Crippen molar-refractivity contribution in [2.24, 2.45) is 0 Å². The van der Waals surface area contributed by atoms with Crippen LogP contribution in [0.3, 0.4) is 0 Å². The topological polar surface area (TPSA) is 89.7 Å². The number of carbonyl (C=O) groups is 1. The molecule has 0 spiro atoms. The molecular weight excluding hydrogens is 288 g/mol. The van der Waals surface area contributed by atoms with Gasteiger partial charge in [-0.3, -0.25) is 0 Å². The number of rotatable bonds is 2. The van der Waals surface area contributed by atoms with Crippen molar-refractivity contribution < 1.29 is 17.9 Å². The van der Waals surface area contributed by atoms with E-state index < -0.39 is 15.8 Å². The molecule has 1 aliphatic heterocycles. The van der Waals surface area contributed by atoms with Crippen molar-refractivity contribution in [2.75, 3.05) is 42.3 Å². The molecule has 0 bridgehead atoms. The maximum atomic E-state index is 11.6. The Labute approximate surface area is 116 Å². The Morgan fingerprint density at radius 3 is 2.84 bits per heavy atom. The standard InChI is InChI=1S/C11H16N2O4S2/c1-17-11(14)10-8(12)7-9(18-10)13-3-2-5-19(15,16)6-4-13/h7H,2-6,12H2,1H3. The van der Waals surface area contributed by atoms with Gasteiger partial charge in [0, 0.05) is 13.1 Å². The quantitative estimate of drug-likeness (QED) is 0.811. The van der Waals surface area contributed by atoms with Crippen LogP contribution in [0.15, 0.2) is 6.07 Å². The Morgan fingerprint density at radius 1 is 1.42 bits per heavy atom. The molecule has 0 unspecified atom stereocenters. The average Bonchev–Trinajstić information content (AvgIpc) is 2.64. The van der Waals surface area contributed by atoms with Gasteiger partial charge in [0.25, 0.3) is 0 Å². The largest absolute Gasteiger partial charge is 0.465 e. The lowest BCUT2D eigenvalue weighted by Crippen LogP contribution is -2.25. The number of anilines is 2. The number of nitrogens with zero attached hydrogens (tertiary/aromatic N) is 1. The number of hydrogen-bond acceptors (Lipinski definition) is 7. The van der Waals surface area contributed by atoms with Crippen LogP contribution in [-0.2, 0) is 14.6 Å². The summed E-state index contributed by atoms with van der Waals surface area (Å²) in [5.41, 5.74) is 6.16. The van der Waals surface area contributed by atoms with Gasteiger partial charge in [-0.2, -0.15) is 0 Å². The van der Waals surface area contributed by atoms with Crippen molar-refractivity contribution in [3.05, 3.63) is 10.9 Å². The summed E-state index contributed by atoms with van der Waals surface area (Å²) in [6.07, 6.45) is 0.591. The van der Waals surface area contributed by atoms with E-state index in [1.54, 1.807) is 6.07 Å². The molecule has 0 saturated carbocycles. The molecule has 0 aromatic carbocycles. The van der Waals surface area contributed by atoms with Crippen LogP contribution in [0.5, 0.6) is 0 Å². The fourth-order valence-electron chi connectivity index (χ4n) is 1.96. The van der Waals surface area contributed by atoms with Crippen LogP contribution in [0.1, 0.15) is 16.1 Å². The van der Waals surface area contributed by atoms with E-state index in [0.29, 0.717) is 30.1 Å². The van der Waals surface area contributed by atoms with E-state index in [4.69, 9.17) is 5.73 Å². The molecule has 106 valence electrons. The number of thiophene rings is 1. The third-order valence-electron chi connectivity index (χ3n) is 2.99. The van der Waals surface area contributed by atoms with Gasteiger partial charge in [-0.15, -0.1) is 11.3 Å². The van der Waals surface area contributed by atoms with Gasteiger partial charge in [-0.1, -0.05) is 0 Å². The summed E-state index contributed by atoms with van der Waals surface area (Å²) in [6.45, 7) is 1.09. The first-order valence-electron chi connectivity index (χ1n) is 5.86. The van der Waals surface area contributed by atoms with Crippen LogP contribution in [-0.4, -0.2) is 46.1 Å². The highest BCUT2D eigenvalue weighted by Crippen LogP contribution is 2.33. The predicted octanol–water partition coefficient (Wildman–Crippen LogP) is 0.742. The van der Waals surface area contributed by atoms with E-state index in [9.17, 15) is 13.2 Å². The summed E-state index contributed by atoms with van der Waals surface area (Å²) in [4.78, 5) is 13.8. The minimum absolute atomic E-state index is 0.137. The molecule has 2 heterocycles. The number of nitrogen functional groups attached to an aromatic ring is 1. The maximum absolute atomic E-state index is 11.6. The van der Waals surface area contributed by atoms with Gasteiger partial charge in [0.15, 0.2) is 9.84 Å². The van der Waals surface area contributed by atoms with Crippen LogP contribution >= 0.6 is 11.3 Å². The van der Waals surface area contributed by atoms with Crippen molar-refractivity contribution in [1.29, 1.82) is 0 Å². The minimum Gasteiger partial charge on any atom is -0.465 e. The lowest BCUT2D eigenvalue weighted by molar-refractivity contribution is 0.0607. The van der Waals surface area contributed by atoms with Gasteiger partial charge in [-0.25, -0.2) is 13.2 Å². The fourth-order valence-corrected chi connectivity index (χ4v) is 4.28. The van der Waals surface area contributed by atoms with Crippen molar-refractivity contribution >= 4 is 37.8 Å². The second kappa shape index (κ2) is 5.38. The van der Waals surface area contributed by atoms with Crippen LogP contribution < -0.4 is 10.6 Å².